The van der Waals surface area contributed by atoms with E-state index in [1.807, 2.05) is 0 Å². The van der Waals surface area contributed by atoms with E-state index in [4.69, 9.17) is 52.9 Å². The number of azo groups is 1. The van der Waals surface area contributed by atoms with Gasteiger partial charge in [-0.1, -0.05) is 0 Å². The van der Waals surface area contributed by atoms with Crippen LogP contribution >= 0.6 is 0 Å². The molecule has 0 aromatic rings. The Balaban J connectivity index is -0.000000179. The molecule has 0 aliphatic heterocycles. The van der Waals surface area contributed by atoms with Gasteiger partial charge in [-0.2, -0.15) is 0 Å². The van der Waals surface area contributed by atoms with E-state index in [1.165, 1.54) is 0 Å². The molecule has 0 unspecified atom stereocenters. The Bertz CT molecular complexity index is 248. The topological polar surface area (TPSA) is 251 Å². The van der Waals surface area contributed by atoms with Crippen LogP contribution in [-0.2, 0) is 0 Å². The monoisotopic (exact) mass is 240 g/mol. The molecule has 8 N–H and O–H groups in total. The minimum Gasteiger partial charge on any atom is -0.367 e. The standard InChI is InChI=1S/C2H6N6.2HNO3/c3-1(4)7-8-2(5)6;2*2-1(3)4/h(H3,3,4)(H3,5,6);2*(H,2,3,4). The summed E-state index contributed by atoms with van der Waals surface area (Å²) in [5.74, 6) is -0.916. The Morgan fingerprint density at radius 1 is 1.00 bits per heavy atom. The van der Waals surface area contributed by atoms with Crippen LogP contribution in [0.4, 0.5) is 0 Å². The average Bonchev–Trinajstić information content (AvgIpc) is 1.98. The van der Waals surface area contributed by atoms with Gasteiger partial charge < -0.3 is 21.9 Å². The zero-order valence-electron chi connectivity index (χ0n) is 7.47. The molecule has 0 radical (unpaired) electrons. The van der Waals surface area contributed by atoms with Crippen LogP contribution in [0.5, 0.6) is 0 Å². The van der Waals surface area contributed by atoms with Gasteiger partial charge in [-0.25, -0.2) is 0 Å². The van der Waals surface area contributed by atoms with Crippen molar-refractivity contribution in [3.8, 4) is 0 Å². The number of nitrogens with zero attached hydrogens (tertiary/aromatic N) is 4. The van der Waals surface area contributed by atoms with Crippen LogP contribution in [0.3, 0.4) is 0 Å². The Labute approximate surface area is 86.4 Å². The second-order valence-electron chi connectivity index (χ2n) is 1.45. The zero-order valence-corrected chi connectivity index (χ0v) is 7.47. The van der Waals surface area contributed by atoms with Gasteiger partial charge in [0.2, 0.25) is 11.9 Å². The van der Waals surface area contributed by atoms with Crippen LogP contribution in [0.15, 0.2) is 10.2 Å². The Hall–Kier alpha value is -3.06. The highest BCUT2D eigenvalue weighted by Crippen LogP contribution is 1.68. The van der Waals surface area contributed by atoms with Gasteiger partial charge in [0, 0.05) is 0 Å². The van der Waals surface area contributed by atoms with Gasteiger partial charge in [-0.3, -0.25) is 10.8 Å². The van der Waals surface area contributed by atoms with Crippen molar-refractivity contribution in [2.75, 3.05) is 0 Å². The van der Waals surface area contributed by atoms with Crippen molar-refractivity contribution >= 4 is 11.9 Å². The fourth-order valence-corrected chi connectivity index (χ4v) is 0.108. The van der Waals surface area contributed by atoms with E-state index in [2.05, 4.69) is 10.2 Å². The van der Waals surface area contributed by atoms with Crippen molar-refractivity contribution in [3.05, 3.63) is 20.2 Å². The van der Waals surface area contributed by atoms with Gasteiger partial charge in [-0.05, 0) is 0 Å². The predicted octanol–water partition coefficient (Wildman–Crippen LogP) is -1.47. The van der Waals surface area contributed by atoms with Crippen molar-refractivity contribution in [2.45, 2.75) is 0 Å². The Morgan fingerprint density at radius 2 is 1.12 bits per heavy atom. The molecule has 0 fully saturated rings. The average molecular weight is 240 g/mol. The van der Waals surface area contributed by atoms with Gasteiger partial charge in [-0.15, -0.1) is 30.5 Å². The molecular weight excluding hydrogens is 232 g/mol. The number of hydrogen-bond acceptors (Lipinski definition) is 6. The third-order valence-electron chi connectivity index (χ3n) is 0.265. The molecule has 0 amide bonds. The van der Waals surface area contributed by atoms with E-state index in [0.717, 1.165) is 0 Å². The SMILES string of the molecule is N=C(N)N=NC(=N)N.O=[N+]([O-])O.O=[N+]([O-])O. The molecule has 0 atom stereocenters. The lowest BCUT2D eigenvalue weighted by atomic mass is 11.1. The van der Waals surface area contributed by atoms with Crippen molar-refractivity contribution < 1.29 is 20.6 Å². The fraction of sp³-hybridized carbons (Fsp3) is 0. The van der Waals surface area contributed by atoms with Crippen LogP contribution < -0.4 is 11.5 Å². The quantitative estimate of drug-likeness (QED) is 0.0954. The number of hydrogen-bond donors (Lipinski definition) is 6. The molecule has 0 rings (SSSR count). The van der Waals surface area contributed by atoms with E-state index >= 15 is 0 Å². The lowest BCUT2D eigenvalue weighted by Gasteiger charge is -1.80. The molecule has 0 aliphatic rings. The van der Waals surface area contributed by atoms with Crippen LogP contribution in [0, 0.1) is 31.0 Å². The largest absolute Gasteiger partial charge is 0.367 e. The first-order valence-electron chi connectivity index (χ1n) is 2.85. The summed E-state index contributed by atoms with van der Waals surface area (Å²) < 4.78 is 0. The molecule has 0 saturated heterocycles. The van der Waals surface area contributed by atoms with Crippen molar-refractivity contribution in [3.63, 3.8) is 0 Å². The van der Waals surface area contributed by atoms with Gasteiger partial charge in [0.15, 0.2) is 0 Å². The molecule has 0 aromatic heterocycles. The molecule has 16 heavy (non-hydrogen) atoms. The molecule has 92 valence electrons. The fourth-order valence-electron chi connectivity index (χ4n) is 0.108. The maximum Gasteiger partial charge on any atom is 0.291 e. The van der Waals surface area contributed by atoms with Gasteiger partial charge >= 0.3 is 0 Å². The van der Waals surface area contributed by atoms with Crippen molar-refractivity contribution in [1.82, 2.24) is 0 Å². The Kier molecular flexibility index (Phi) is 13.9. The van der Waals surface area contributed by atoms with Gasteiger partial charge in [0.05, 0.1) is 0 Å². The summed E-state index contributed by atoms with van der Waals surface area (Å²) in [7, 11) is 0. The first-order chi connectivity index (χ1) is 7.09. The number of guanidine groups is 2. The first-order valence-corrected chi connectivity index (χ1v) is 2.85. The zero-order chi connectivity index (χ0) is 13.7. The number of nitrogens with two attached hydrogens (primary N) is 2. The van der Waals surface area contributed by atoms with Crippen LogP contribution in [-0.4, -0.2) is 32.5 Å². The Morgan fingerprint density at radius 3 is 1.19 bits per heavy atom. The lowest BCUT2D eigenvalue weighted by Crippen LogP contribution is -2.09. The van der Waals surface area contributed by atoms with Gasteiger partial charge in [0.25, 0.3) is 10.2 Å². The molecule has 0 bridgehead atoms. The molecular formula is C2H8N8O6. The molecule has 0 saturated carbocycles. The molecule has 0 heterocycles. The summed E-state index contributed by atoms with van der Waals surface area (Å²) in [5.41, 5.74) is 9.42. The highest BCUT2D eigenvalue weighted by molar-refractivity contribution is 5.79. The lowest BCUT2D eigenvalue weighted by molar-refractivity contribution is -0.742. The van der Waals surface area contributed by atoms with Crippen LogP contribution in [0.25, 0.3) is 0 Å². The first kappa shape index (κ1) is 18.7. The highest BCUT2D eigenvalue weighted by Gasteiger charge is 1.79. The summed E-state index contributed by atoms with van der Waals surface area (Å²) in [5, 5.41) is 46.1. The van der Waals surface area contributed by atoms with E-state index in [9.17, 15) is 0 Å². The maximum absolute atomic E-state index is 8.36. The van der Waals surface area contributed by atoms with Crippen molar-refractivity contribution in [1.29, 1.82) is 10.8 Å². The third kappa shape index (κ3) is 287. The molecule has 14 nitrogen and oxygen atoms in total. The molecule has 14 heteroatoms. The smallest absolute Gasteiger partial charge is 0.291 e. The van der Waals surface area contributed by atoms with Crippen LogP contribution in [0.2, 0.25) is 0 Å². The molecule has 0 spiro atoms. The molecule has 0 aromatic carbocycles. The summed E-state index contributed by atoms with van der Waals surface area (Å²) in [6, 6.07) is 0. The minimum absolute atomic E-state index is 0.458. The number of nitrogens with one attached hydrogen (secondary N) is 2. The van der Waals surface area contributed by atoms with E-state index in [1.54, 1.807) is 0 Å². The van der Waals surface area contributed by atoms with E-state index in [0.29, 0.717) is 0 Å². The second-order valence-corrected chi connectivity index (χ2v) is 1.45. The predicted molar refractivity (Wildman–Crippen MR) is 46.2 cm³/mol. The maximum atomic E-state index is 8.36. The highest BCUT2D eigenvalue weighted by atomic mass is 16.9. The third-order valence-corrected chi connectivity index (χ3v) is 0.265. The summed E-state index contributed by atoms with van der Waals surface area (Å²) in [6.07, 6.45) is 0. The van der Waals surface area contributed by atoms with E-state index in [-0.39, 0.29) is 0 Å². The second kappa shape index (κ2) is 11.9. The van der Waals surface area contributed by atoms with Crippen molar-refractivity contribution in [2.24, 2.45) is 21.7 Å². The minimum atomic E-state index is -1.50. The summed E-state index contributed by atoms with van der Waals surface area (Å²) in [4.78, 5) is 16.7. The number of rotatable bonds is 0. The summed E-state index contributed by atoms with van der Waals surface area (Å²) >= 11 is 0. The van der Waals surface area contributed by atoms with E-state index < -0.39 is 22.1 Å². The molecule has 0 aliphatic carbocycles. The summed E-state index contributed by atoms with van der Waals surface area (Å²) in [6.45, 7) is 0. The van der Waals surface area contributed by atoms with Gasteiger partial charge in [0.1, 0.15) is 0 Å². The van der Waals surface area contributed by atoms with Crippen LogP contribution in [0.1, 0.15) is 0 Å². The normalized spacial score (nSPS) is 7.75.